The van der Waals surface area contributed by atoms with Crippen LogP contribution < -0.4 is 0 Å². The molecule has 0 aliphatic carbocycles. The Hall–Kier alpha value is -1.06. The Morgan fingerprint density at radius 1 is 0.321 bits per heavy atom. The molecule has 0 radical (unpaired) electrons. The molecule has 0 bridgehead atoms. The molecule has 0 aromatic rings. The molecule has 0 aliphatic heterocycles. The van der Waals surface area contributed by atoms with Gasteiger partial charge in [-0.3, -0.25) is 9.59 Å². The van der Waals surface area contributed by atoms with E-state index in [0.717, 1.165) is 63.2 Å². The van der Waals surface area contributed by atoms with Gasteiger partial charge in [0.05, 0.1) is 5.41 Å². The van der Waals surface area contributed by atoms with Gasteiger partial charge in [-0.15, -0.1) is 0 Å². The van der Waals surface area contributed by atoms with Crippen LogP contribution >= 0.6 is 0 Å². The molecule has 0 unspecified atom stereocenters. The maximum atomic E-state index is 12.8. The second-order valence-corrected chi connectivity index (χ2v) is 19.4. The summed E-state index contributed by atoms with van der Waals surface area (Å²) in [7, 11) is 0. The molecular formula is C52H102O4. The summed E-state index contributed by atoms with van der Waals surface area (Å²) in [5.74, 6) is 0.368. The van der Waals surface area contributed by atoms with Crippen LogP contribution in [0.1, 0.15) is 304 Å². The van der Waals surface area contributed by atoms with Crippen molar-refractivity contribution in [3.63, 3.8) is 0 Å². The van der Waals surface area contributed by atoms with Gasteiger partial charge in [-0.2, -0.15) is 0 Å². The van der Waals surface area contributed by atoms with Crippen LogP contribution in [0.25, 0.3) is 0 Å². The molecule has 4 heteroatoms. The van der Waals surface area contributed by atoms with Crippen LogP contribution in [0.4, 0.5) is 0 Å². The number of hydrogen-bond donors (Lipinski definition) is 2. The predicted octanol–water partition coefficient (Wildman–Crippen LogP) is 18.2. The zero-order valence-electron chi connectivity index (χ0n) is 38.8. The van der Waals surface area contributed by atoms with Gasteiger partial charge in [0.2, 0.25) is 0 Å². The molecule has 0 atom stereocenters. The number of unbranched alkanes of at least 4 members (excludes halogenated alkanes) is 34. The van der Waals surface area contributed by atoms with Crippen LogP contribution in [0.5, 0.6) is 0 Å². The third-order valence-corrected chi connectivity index (χ3v) is 12.9. The topological polar surface area (TPSA) is 74.6 Å². The number of carboxylic acids is 2. The molecule has 0 spiro atoms. The molecule has 0 aliphatic rings. The normalized spacial score (nSPS) is 12.0. The predicted molar refractivity (Wildman–Crippen MR) is 246 cm³/mol. The van der Waals surface area contributed by atoms with Gasteiger partial charge in [-0.25, -0.2) is 0 Å². The van der Waals surface area contributed by atoms with Crippen molar-refractivity contribution in [1.82, 2.24) is 0 Å². The monoisotopic (exact) mass is 791 g/mol. The third kappa shape index (κ3) is 39.8. The molecule has 0 heterocycles. The molecule has 0 fully saturated rings. The highest BCUT2D eigenvalue weighted by molar-refractivity contribution is 5.74. The van der Waals surface area contributed by atoms with E-state index in [9.17, 15) is 14.7 Å². The highest BCUT2D eigenvalue weighted by Gasteiger charge is 2.36. The van der Waals surface area contributed by atoms with E-state index in [1.807, 2.05) is 0 Å². The van der Waals surface area contributed by atoms with E-state index < -0.39 is 17.4 Å². The first-order chi connectivity index (χ1) is 27.2. The molecular weight excluding hydrogens is 689 g/mol. The van der Waals surface area contributed by atoms with Gasteiger partial charge >= 0.3 is 11.9 Å². The maximum Gasteiger partial charge on any atom is 0.309 e. The Kier molecular flexibility index (Phi) is 41.3. The van der Waals surface area contributed by atoms with Crippen molar-refractivity contribution in [3.05, 3.63) is 0 Å². The van der Waals surface area contributed by atoms with Gasteiger partial charge in [0.1, 0.15) is 0 Å². The molecule has 56 heavy (non-hydrogen) atoms. The summed E-state index contributed by atoms with van der Waals surface area (Å²) in [5.41, 5.74) is -0.621. The summed E-state index contributed by atoms with van der Waals surface area (Å²) in [6.07, 6.45) is 53.4. The largest absolute Gasteiger partial charge is 0.481 e. The molecule has 0 aromatic carbocycles. The highest BCUT2D eigenvalue weighted by Crippen LogP contribution is 2.38. The first kappa shape index (κ1) is 54.9. The number of carboxylic acid groups (broad SMARTS) is 2. The van der Waals surface area contributed by atoms with Crippen LogP contribution in [0.3, 0.4) is 0 Å². The first-order valence-electron chi connectivity index (χ1n) is 25.6. The van der Waals surface area contributed by atoms with E-state index >= 15 is 0 Å². The van der Waals surface area contributed by atoms with Crippen molar-refractivity contribution >= 4 is 11.9 Å². The van der Waals surface area contributed by atoms with E-state index in [1.165, 1.54) is 205 Å². The van der Waals surface area contributed by atoms with E-state index in [-0.39, 0.29) is 6.42 Å². The van der Waals surface area contributed by atoms with Crippen LogP contribution in [-0.4, -0.2) is 22.2 Å². The van der Waals surface area contributed by atoms with Crippen LogP contribution in [-0.2, 0) is 9.59 Å². The average molecular weight is 791 g/mol. The lowest BCUT2D eigenvalue weighted by molar-refractivity contribution is -0.151. The standard InChI is InChI=1S/C52H102O4/c1-48(2)42-36-31-27-23-19-15-11-7-5-9-13-17-21-25-29-33-39-45-52(51(55)56,47-41-35-38-44-50(53)54)46-40-34-30-26-22-18-14-10-6-8-12-16-20-24-28-32-37-43-49(3)4/h48-49H,5-47H2,1-4H3,(H,53,54)(H,55,56). The smallest absolute Gasteiger partial charge is 0.309 e. The SMILES string of the molecule is CC(C)CCCCCCCCCCCCCCCCCCCC(CCCCCCCCCCCCCCCCCCCC(C)C)(CCCCCC(=O)O)C(=O)O. The lowest BCUT2D eigenvalue weighted by Gasteiger charge is -2.30. The van der Waals surface area contributed by atoms with Gasteiger partial charge in [0.25, 0.3) is 0 Å². The Balaban J connectivity index is 4.04. The highest BCUT2D eigenvalue weighted by atomic mass is 16.4. The zero-order valence-corrected chi connectivity index (χ0v) is 38.8. The second-order valence-electron chi connectivity index (χ2n) is 19.4. The Labute approximate surface area is 351 Å². The molecule has 0 saturated heterocycles. The van der Waals surface area contributed by atoms with Gasteiger partial charge in [-0.1, -0.05) is 272 Å². The van der Waals surface area contributed by atoms with Crippen molar-refractivity contribution in [2.24, 2.45) is 17.3 Å². The fraction of sp³-hybridized carbons (Fsp3) is 0.962. The summed E-state index contributed by atoms with van der Waals surface area (Å²) in [6, 6.07) is 0. The number of rotatable bonds is 47. The molecule has 2 N–H and O–H groups in total. The number of carbonyl (C=O) groups is 2. The summed E-state index contributed by atoms with van der Waals surface area (Å²) in [5, 5.41) is 19.5. The molecule has 0 aromatic heterocycles. The Morgan fingerprint density at radius 3 is 0.714 bits per heavy atom. The van der Waals surface area contributed by atoms with Crippen LogP contribution in [0, 0.1) is 17.3 Å². The second kappa shape index (κ2) is 42.1. The number of aliphatic carboxylic acids is 2. The number of hydrogen-bond acceptors (Lipinski definition) is 2. The average Bonchev–Trinajstić information content (AvgIpc) is 3.15. The quantitative estimate of drug-likeness (QED) is 0.0602. The Bertz CT molecular complexity index is 774. The van der Waals surface area contributed by atoms with E-state index in [2.05, 4.69) is 27.7 Å². The van der Waals surface area contributed by atoms with E-state index in [0.29, 0.717) is 12.8 Å². The van der Waals surface area contributed by atoms with Crippen molar-refractivity contribution in [2.45, 2.75) is 304 Å². The maximum absolute atomic E-state index is 12.8. The van der Waals surface area contributed by atoms with Crippen molar-refractivity contribution < 1.29 is 19.8 Å². The zero-order chi connectivity index (χ0) is 41.2. The molecule has 334 valence electrons. The van der Waals surface area contributed by atoms with Crippen LogP contribution in [0.2, 0.25) is 0 Å². The van der Waals surface area contributed by atoms with Gasteiger partial charge in [0, 0.05) is 6.42 Å². The summed E-state index contributed by atoms with van der Waals surface area (Å²) >= 11 is 0. The summed E-state index contributed by atoms with van der Waals surface area (Å²) in [6.45, 7) is 9.33. The molecule has 0 rings (SSSR count). The third-order valence-electron chi connectivity index (χ3n) is 12.9. The minimum Gasteiger partial charge on any atom is -0.481 e. The molecule has 0 saturated carbocycles. The van der Waals surface area contributed by atoms with E-state index in [1.54, 1.807) is 0 Å². The Morgan fingerprint density at radius 2 is 0.518 bits per heavy atom. The van der Waals surface area contributed by atoms with E-state index in [4.69, 9.17) is 5.11 Å². The fourth-order valence-corrected chi connectivity index (χ4v) is 8.95. The van der Waals surface area contributed by atoms with Crippen molar-refractivity contribution in [2.75, 3.05) is 0 Å². The summed E-state index contributed by atoms with van der Waals surface area (Å²) in [4.78, 5) is 23.7. The lowest BCUT2D eigenvalue weighted by atomic mass is 9.74. The van der Waals surface area contributed by atoms with Gasteiger partial charge < -0.3 is 10.2 Å². The van der Waals surface area contributed by atoms with Gasteiger partial charge in [0.15, 0.2) is 0 Å². The lowest BCUT2D eigenvalue weighted by Crippen LogP contribution is -2.31. The molecule has 4 nitrogen and oxygen atoms in total. The van der Waals surface area contributed by atoms with Crippen molar-refractivity contribution in [3.8, 4) is 0 Å². The molecule has 0 amide bonds. The fourth-order valence-electron chi connectivity index (χ4n) is 8.95. The van der Waals surface area contributed by atoms with Crippen LogP contribution in [0.15, 0.2) is 0 Å². The minimum atomic E-state index is -0.748. The van der Waals surface area contributed by atoms with Gasteiger partial charge in [-0.05, 0) is 37.5 Å². The summed E-state index contributed by atoms with van der Waals surface area (Å²) < 4.78 is 0. The minimum absolute atomic E-state index is 0.192. The first-order valence-corrected chi connectivity index (χ1v) is 25.6. The van der Waals surface area contributed by atoms with Crippen molar-refractivity contribution in [1.29, 1.82) is 0 Å².